The maximum absolute atomic E-state index is 3.55. The van der Waals surface area contributed by atoms with Crippen LogP contribution in [0, 0.1) is 11.3 Å². The largest absolute Gasteiger partial charge is 0.317 e. The average molecular weight is 266 g/mol. The molecule has 2 rings (SSSR count). The molecule has 0 aromatic heterocycles. The summed E-state index contributed by atoms with van der Waals surface area (Å²) in [6.07, 6.45) is 9.81. The van der Waals surface area contributed by atoms with Gasteiger partial charge in [0, 0.05) is 12.1 Å². The minimum absolute atomic E-state index is 0.461. The van der Waals surface area contributed by atoms with E-state index in [4.69, 9.17) is 0 Å². The summed E-state index contributed by atoms with van der Waals surface area (Å²) in [5.74, 6) is 0.877. The summed E-state index contributed by atoms with van der Waals surface area (Å²) in [6.45, 7) is 9.76. The topological polar surface area (TPSA) is 15.3 Å². The van der Waals surface area contributed by atoms with Gasteiger partial charge in [-0.15, -0.1) is 0 Å². The summed E-state index contributed by atoms with van der Waals surface area (Å²) in [4.78, 5) is 2.77. The molecule has 1 saturated carbocycles. The smallest absolute Gasteiger partial charge is 0.0128 e. The SMILES string of the molecule is CN(C1CCCNCC1)C1CCCCC1C(C)(C)C. The van der Waals surface area contributed by atoms with Crippen molar-refractivity contribution in [1.82, 2.24) is 10.2 Å². The van der Waals surface area contributed by atoms with Crippen LogP contribution in [0.15, 0.2) is 0 Å². The molecule has 0 aromatic rings. The van der Waals surface area contributed by atoms with Gasteiger partial charge < -0.3 is 10.2 Å². The summed E-state index contributed by atoms with van der Waals surface area (Å²) in [6, 6.07) is 1.62. The van der Waals surface area contributed by atoms with Crippen LogP contribution < -0.4 is 5.32 Å². The van der Waals surface area contributed by atoms with Crippen LogP contribution in [0.2, 0.25) is 0 Å². The van der Waals surface area contributed by atoms with Crippen LogP contribution >= 0.6 is 0 Å². The van der Waals surface area contributed by atoms with E-state index in [2.05, 4.69) is 38.0 Å². The van der Waals surface area contributed by atoms with Crippen molar-refractivity contribution in [1.29, 1.82) is 0 Å². The molecular weight excluding hydrogens is 232 g/mol. The molecule has 0 radical (unpaired) electrons. The van der Waals surface area contributed by atoms with E-state index in [1.165, 1.54) is 58.0 Å². The summed E-state index contributed by atoms with van der Waals surface area (Å²) >= 11 is 0. The summed E-state index contributed by atoms with van der Waals surface area (Å²) in [5.41, 5.74) is 0.461. The van der Waals surface area contributed by atoms with Gasteiger partial charge in [0.25, 0.3) is 0 Å². The van der Waals surface area contributed by atoms with E-state index in [-0.39, 0.29) is 0 Å². The first-order valence-electron chi connectivity index (χ1n) is 8.43. The first-order valence-corrected chi connectivity index (χ1v) is 8.43. The second kappa shape index (κ2) is 6.58. The highest BCUT2D eigenvalue weighted by atomic mass is 15.2. The lowest BCUT2D eigenvalue weighted by molar-refractivity contribution is 0.0292. The summed E-state index contributed by atoms with van der Waals surface area (Å²) in [7, 11) is 2.41. The van der Waals surface area contributed by atoms with Crippen LogP contribution in [-0.4, -0.2) is 37.1 Å². The van der Waals surface area contributed by atoms with Gasteiger partial charge in [-0.05, 0) is 63.6 Å². The molecule has 3 atom stereocenters. The molecular formula is C17H34N2. The lowest BCUT2D eigenvalue weighted by Gasteiger charge is -2.47. The Morgan fingerprint density at radius 1 is 0.895 bits per heavy atom. The maximum Gasteiger partial charge on any atom is 0.0128 e. The van der Waals surface area contributed by atoms with Crippen LogP contribution in [-0.2, 0) is 0 Å². The molecule has 3 unspecified atom stereocenters. The number of nitrogens with one attached hydrogen (secondary N) is 1. The van der Waals surface area contributed by atoms with Crippen molar-refractivity contribution < 1.29 is 0 Å². The standard InChI is InChI=1S/C17H34N2/c1-17(2,3)15-9-5-6-10-16(15)19(4)14-8-7-12-18-13-11-14/h14-16,18H,5-13H2,1-4H3. The van der Waals surface area contributed by atoms with E-state index in [1.54, 1.807) is 0 Å². The Kier molecular flexibility index (Phi) is 5.30. The van der Waals surface area contributed by atoms with E-state index in [0.717, 1.165) is 18.0 Å². The Hall–Kier alpha value is -0.0800. The van der Waals surface area contributed by atoms with E-state index in [0.29, 0.717) is 5.41 Å². The van der Waals surface area contributed by atoms with Crippen molar-refractivity contribution in [2.45, 2.75) is 77.8 Å². The van der Waals surface area contributed by atoms with Gasteiger partial charge in [-0.3, -0.25) is 0 Å². The monoisotopic (exact) mass is 266 g/mol. The Labute approximate surface area is 120 Å². The predicted octanol–water partition coefficient (Wildman–Crippen LogP) is 3.67. The lowest BCUT2D eigenvalue weighted by atomic mass is 9.69. The first kappa shape index (κ1) is 15.3. The fourth-order valence-corrected chi connectivity index (χ4v) is 4.29. The third-order valence-corrected chi connectivity index (χ3v) is 5.49. The van der Waals surface area contributed by atoms with Gasteiger partial charge in [0.05, 0.1) is 0 Å². The summed E-state index contributed by atoms with van der Waals surface area (Å²) in [5, 5.41) is 3.55. The molecule has 19 heavy (non-hydrogen) atoms. The van der Waals surface area contributed by atoms with Crippen LogP contribution in [0.3, 0.4) is 0 Å². The first-order chi connectivity index (χ1) is 9.00. The molecule has 2 aliphatic rings. The van der Waals surface area contributed by atoms with E-state index < -0.39 is 0 Å². The molecule has 0 aromatic carbocycles. The molecule has 2 nitrogen and oxygen atoms in total. The normalized spacial score (nSPS) is 34.3. The Morgan fingerprint density at radius 2 is 1.63 bits per heavy atom. The third-order valence-electron chi connectivity index (χ3n) is 5.49. The van der Waals surface area contributed by atoms with Gasteiger partial charge >= 0.3 is 0 Å². The molecule has 1 saturated heterocycles. The highest BCUT2D eigenvalue weighted by Gasteiger charge is 2.37. The number of rotatable bonds is 2. The van der Waals surface area contributed by atoms with E-state index in [9.17, 15) is 0 Å². The molecule has 2 heteroatoms. The Morgan fingerprint density at radius 3 is 2.37 bits per heavy atom. The van der Waals surface area contributed by atoms with Crippen molar-refractivity contribution in [3.63, 3.8) is 0 Å². The molecule has 2 fully saturated rings. The van der Waals surface area contributed by atoms with Crippen molar-refractivity contribution in [2.24, 2.45) is 11.3 Å². The van der Waals surface area contributed by atoms with Crippen molar-refractivity contribution >= 4 is 0 Å². The maximum atomic E-state index is 3.55. The lowest BCUT2D eigenvalue weighted by Crippen LogP contribution is -2.49. The van der Waals surface area contributed by atoms with Crippen molar-refractivity contribution in [2.75, 3.05) is 20.1 Å². The zero-order chi connectivity index (χ0) is 13.9. The number of hydrogen-bond donors (Lipinski definition) is 1. The third kappa shape index (κ3) is 3.95. The fraction of sp³-hybridized carbons (Fsp3) is 1.00. The second-order valence-corrected chi connectivity index (χ2v) is 7.82. The van der Waals surface area contributed by atoms with E-state index in [1.807, 2.05) is 0 Å². The zero-order valence-electron chi connectivity index (χ0n) is 13.5. The highest BCUT2D eigenvalue weighted by Crippen LogP contribution is 2.41. The Bertz CT molecular complexity index is 261. The van der Waals surface area contributed by atoms with Crippen molar-refractivity contribution in [3.8, 4) is 0 Å². The molecule has 1 aliphatic carbocycles. The fourth-order valence-electron chi connectivity index (χ4n) is 4.29. The van der Waals surface area contributed by atoms with Gasteiger partial charge in [0.15, 0.2) is 0 Å². The molecule has 1 aliphatic heterocycles. The average Bonchev–Trinajstić information content (AvgIpc) is 2.66. The van der Waals surface area contributed by atoms with Gasteiger partial charge in [0.2, 0.25) is 0 Å². The van der Waals surface area contributed by atoms with Crippen molar-refractivity contribution in [3.05, 3.63) is 0 Å². The molecule has 1 heterocycles. The highest BCUT2D eigenvalue weighted by molar-refractivity contribution is 4.91. The minimum atomic E-state index is 0.461. The Balaban J connectivity index is 2.03. The predicted molar refractivity (Wildman–Crippen MR) is 83.5 cm³/mol. The summed E-state index contributed by atoms with van der Waals surface area (Å²) < 4.78 is 0. The number of nitrogens with zero attached hydrogens (tertiary/aromatic N) is 1. The van der Waals surface area contributed by atoms with Gasteiger partial charge in [0.1, 0.15) is 0 Å². The molecule has 0 spiro atoms. The zero-order valence-corrected chi connectivity index (χ0v) is 13.5. The van der Waals surface area contributed by atoms with Gasteiger partial charge in [-0.25, -0.2) is 0 Å². The molecule has 0 amide bonds. The minimum Gasteiger partial charge on any atom is -0.317 e. The molecule has 112 valence electrons. The second-order valence-electron chi connectivity index (χ2n) is 7.82. The quantitative estimate of drug-likeness (QED) is 0.820. The molecule has 0 bridgehead atoms. The molecule has 1 N–H and O–H groups in total. The van der Waals surface area contributed by atoms with Crippen LogP contribution in [0.5, 0.6) is 0 Å². The van der Waals surface area contributed by atoms with Crippen LogP contribution in [0.25, 0.3) is 0 Å². The van der Waals surface area contributed by atoms with Crippen LogP contribution in [0.4, 0.5) is 0 Å². The van der Waals surface area contributed by atoms with Gasteiger partial charge in [-0.2, -0.15) is 0 Å². The van der Waals surface area contributed by atoms with E-state index >= 15 is 0 Å². The number of hydrogen-bond acceptors (Lipinski definition) is 2. The van der Waals surface area contributed by atoms with Gasteiger partial charge in [-0.1, -0.05) is 33.6 Å². The van der Waals surface area contributed by atoms with Crippen LogP contribution in [0.1, 0.15) is 65.7 Å².